The molecule has 0 aromatic heterocycles. The van der Waals surface area contributed by atoms with Crippen LogP contribution in [-0.4, -0.2) is 34.5 Å². The van der Waals surface area contributed by atoms with Gasteiger partial charge in [0, 0.05) is 25.2 Å². The Hall–Kier alpha value is -1.44. The minimum Gasteiger partial charge on any atom is -0.326 e. The molecule has 0 spiro atoms. The number of carbonyl (C=O) groups excluding carboxylic acids is 1. The van der Waals surface area contributed by atoms with E-state index < -0.39 is 10.0 Å². The van der Waals surface area contributed by atoms with Gasteiger partial charge in [0.15, 0.2) is 0 Å². The van der Waals surface area contributed by atoms with Crippen LogP contribution in [0.1, 0.15) is 19.8 Å². The molecule has 0 unspecified atom stereocenters. The summed E-state index contributed by atoms with van der Waals surface area (Å²) in [5.74, 6) is -0.112. The van der Waals surface area contributed by atoms with Gasteiger partial charge in [-0.15, -0.1) is 0 Å². The Labute approximate surface area is 120 Å². The van der Waals surface area contributed by atoms with E-state index in [2.05, 4.69) is 15.4 Å². The van der Waals surface area contributed by atoms with Crippen molar-refractivity contribution in [3.05, 3.63) is 24.3 Å². The third-order valence-electron chi connectivity index (χ3n) is 2.59. The Morgan fingerprint density at radius 1 is 1.15 bits per heavy atom. The molecule has 1 rings (SSSR count). The van der Waals surface area contributed by atoms with Crippen molar-refractivity contribution in [2.75, 3.05) is 25.5 Å². The average molecular weight is 299 g/mol. The number of hydrogen-bond donors (Lipinski definition) is 3. The average Bonchev–Trinajstić information content (AvgIpc) is 2.43. The van der Waals surface area contributed by atoms with Gasteiger partial charge < -0.3 is 10.6 Å². The first-order valence-electron chi connectivity index (χ1n) is 6.53. The Morgan fingerprint density at radius 2 is 1.80 bits per heavy atom. The lowest BCUT2D eigenvalue weighted by Gasteiger charge is -2.08. The van der Waals surface area contributed by atoms with Crippen molar-refractivity contribution in [1.29, 1.82) is 0 Å². The molecule has 112 valence electrons. The van der Waals surface area contributed by atoms with Crippen molar-refractivity contribution in [1.82, 2.24) is 10.0 Å². The molecule has 0 heterocycles. The van der Waals surface area contributed by atoms with Crippen LogP contribution in [-0.2, 0) is 14.8 Å². The molecule has 1 aromatic carbocycles. The van der Waals surface area contributed by atoms with Crippen molar-refractivity contribution in [3.63, 3.8) is 0 Å². The molecule has 20 heavy (non-hydrogen) atoms. The summed E-state index contributed by atoms with van der Waals surface area (Å²) in [5.41, 5.74) is 0.584. The normalized spacial score (nSPS) is 11.3. The van der Waals surface area contributed by atoms with Crippen molar-refractivity contribution in [2.24, 2.45) is 0 Å². The fourth-order valence-electron chi connectivity index (χ4n) is 1.50. The second-order valence-electron chi connectivity index (χ2n) is 4.32. The van der Waals surface area contributed by atoms with Gasteiger partial charge in [0.1, 0.15) is 0 Å². The van der Waals surface area contributed by atoms with Crippen LogP contribution >= 0.6 is 0 Å². The Kier molecular flexibility index (Phi) is 6.63. The maximum atomic E-state index is 11.9. The minimum atomic E-state index is -3.45. The van der Waals surface area contributed by atoms with Crippen LogP contribution in [0.2, 0.25) is 0 Å². The molecule has 3 N–H and O–H groups in total. The fourth-order valence-corrected chi connectivity index (χ4v) is 2.63. The van der Waals surface area contributed by atoms with E-state index in [1.807, 2.05) is 6.92 Å². The topological polar surface area (TPSA) is 87.3 Å². The Bertz CT molecular complexity index is 526. The Balaban J connectivity index is 2.67. The molecule has 1 aromatic rings. The van der Waals surface area contributed by atoms with E-state index in [9.17, 15) is 13.2 Å². The second-order valence-corrected chi connectivity index (χ2v) is 6.09. The predicted molar refractivity (Wildman–Crippen MR) is 79.1 cm³/mol. The van der Waals surface area contributed by atoms with Crippen molar-refractivity contribution < 1.29 is 13.2 Å². The number of rotatable bonds is 8. The zero-order valence-corrected chi connectivity index (χ0v) is 12.6. The molecule has 0 aliphatic heterocycles. The lowest BCUT2D eigenvalue weighted by molar-refractivity contribution is -0.116. The third-order valence-corrected chi connectivity index (χ3v) is 4.07. The first-order chi connectivity index (χ1) is 9.49. The van der Waals surface area contributed by atoms with Crippen LogP contribution < -0.4 is 15.4 Å². The molecule has 0 fully saturated rings. The summed E-state index contributed by atoms with van der Waals surface area (Å²) >= 11 is 0. The number of nitrogens with one attached hydrogen (secondary N) is 3. The van der Waals surface area contributed by atoms with E-state index in [1.165, 1.54) is 12.1 Å². The van der Waals surface area contributed by atoms with Crippen LogP contribution in [0.25, 0.3) is 0 Å². The quantitative estimate of drug-likeness (QED) is 0.666. The van der Waals surface area contributed by atoms with Gasteiger partial charge in [0.25, 0.3) is 0 Å². The number of amides is 1. The van der Waals surface area contributed by atoms with E-state index in [1.54, 1.807) is 19.2 Å². The lowest BCUT2D eigenvalue weighted by atomic mass is 10.3. The van der Waals surface area contributed by atoms with Crippen LogP contribution in [0.4, 0.5) is 5.69 Å². The van der Waals surface area contributed by atoms with Gasteiger partial charge in [0.2, 0.25) is 15.9 Å². The molecule has 7 heteroatoms. The van der Waals surface area contributed by atoms with Crippen LogP contribution in [0.3, 0.4) is 0 Å². The second kappa shape index (κ2) is 7.98. The van der Waals surface area contributed by atoms with Gasteiger partial charge in [-0.25, -0.2) is 13.1 Å². The number of carbonyl (C=O) groups is 1. The molecular formula is C13H21N3O3S. The van der Waals surface area contributed by atoms with E-state index in [0.29, 0.717) is 25.2 Å². The van der Waals surface area contributed by atoms with Crippen LogP contribution in [0, 0.1) is 0 Å². The lowest BCUT2D eigenvalue weighted by Crippen LogP contribution is -2.24. The third kappa shape index (κ3) is 5.28. The van der Waals surface area contributed by atoms with E-state index in [-0.39, 0.29) is 10.8 Å². The van der Waals surface area contributed by atoms with Gasteiger partial charge in [-0.2, -0.15) is 0 Å². The first-order valence-corrected chi connectivity index (χ1v) is 8.02. The van der Waals surface area contributed by atoms with Crippen molar-refractivity contribution >= 4 is 21.6 Å². The maximum absolute atomic E-state index is 11.9. The predicted octanol–water partition coefficient (Wildman–Crippen LogP) is 0.923. The minimum absolute atomic E-state index is 0.112. The van der Waals surface area contributed by atoms with Gasteiger partial charge in [-0.05, 0) is 37.7 Å². The number of hydrogen-bond acceptors (Lipinski definition) is 4. The summed E-state index contributed by atoms with van der Waals surface area (Å²) in [4.78, 5) is 11.7. The molecule has 0 radical (unpaired) electrons. The largest absolute Gasteiger partial charge is 0.326 e. The molecule has 0 bridgehead atoms. The summed E-state index contributed by atoms with van der Waals surface area (Å²) < 4.78 is 26.2. The molecule has 0 saturated heterocycles. The monoisotopic (exact) mass is 299 g/mol. The molecule has 0 aliphatic carbocycles. The first kappa shape index (κ1) is 16.6. The van der Waals surface area contributed by atoms with Gasteiger partial charge in [-0.1, -0.05) is 6.92 Å². The smallest absolute Gasteiger partial charge is 0.240 e. The van der Waals surface area contributed by atoms with E-state index in [0.717, 1.165) is 6.42 Å². The highest BCUT2D eigenvalue weighted by atomic mass is 32.2. The van der Waals surface area contributed by atoms with E-state index >= 15 is 0 Å². The molecule has 1 amide bonds. The van der Waals surface area contributed by atoms with Crippen LogP contribution in [0.15, 0.2) is 29.2 Å². The highest BCUT2D eigenvalue weighted by Crippen LogP contribution is 2.14. The molecule has 0 atom stereocenters. The van der Waals surface area contributed by atoms with E-state index in [4.69, 9.17) is 0 Å². The van der Waals surface area contributed by atoms with Crippen LogP contribution in [0.5, 0.6) is 0 Å². The summed E-state index contributed by atoms with van der Waals surface area (Å²) in [6.45, 7) is 2.90. The van der Waals surface area contributed by atoms with Gasteiger partial charge in [-0.3, -0.25) is 4.79 Å². The molecule has 0 saturated carbocycles. The zero-order valence-electron chi connectivity index (χ0n) is 11.8. The highest BCUT2D eigenvalue weighted by molar-refractivity contribution is 7.89. The number of benzene rings is 1. The summed E-state index contributed by atoms with van der Waals surface area (Å²) in [6.07, 6.45) is 1.10. The fraction of sp³-hybridized carbons (Fsp3) is 0.462. The maximum Gasteiger partial charge on any atom is 0.240 e. The summed E-state index contributed by atoms with van der Waals surface area (Å²) in [7, 11) is -1.68. The van der Waals surface area contributed by atoms with Gasteiger partial charge >= 0.3 is 0 Å². The highest BCUT2D eigenvalue weighted by Gasteiger charge is 2.12. The summed E-state index contributed by atoms with van der Waals surface area (Å²) in [5, 5.41) is 5.59. The standard InChI is InChI=1S/C13H21N3O3S/c1-3-9-15-20(18,19)12-6-4-11(5-7-12)16-13(17)8-10-14-2/h4-7,14-15H,3,8-10H2,1-2H3,(H,16,17). The molecular weight excluding hydrogens is 278 g/mol. The van der Waals surface area contributed by atoms with Crippen molar-refractivity contribution in [3.8, 4) is 0 Å². The van der Waals surface area contributed by atoms with Gasteiger partial charge in [0.05, 0.1) is 4.90 Å². The SMILES string of the molecule is CCCNS(=O)(=O)c1ccc(NC(=O)CCNC)cc1. The summed E-state index contributed by atoms with van der Waals surface area (Å²) in [6, 6.07) is 6.12. The van der Waals surface area contributed by atoms with Crippen molar-refractivity contribution in [2.45, 2.75) is 24.7 Å². The number of sulfonamides is 1. The Morgan fingerprint density at radius 3 is 2.35 bits per heavy atom. The molecule has 6 nitrogen and oxygen atoms in total. The zero-order chi connectivity index (χ0) is 15.0. The number of anilines is 1. The molecule has 0 aliphatic rings.